The van der Waals surface area contributed by atoms with E-state index in [9.17, 15) is 4.79 Å². The summed E-state index contributed by atoms with van der Waals surface area (Å²) in [5.41, 5.74) is 0.631. The van der Waals surface area contributed by atoms with Crippen molar-refractivity contribution in [3.63, 3.8) is 0 Å². The zero-order valence-corrected chi connectivity index (χ0v) is 11.5. The van der Waals surface area contributed by atoms with E-state index in [1.165, 1.54) is 3.57 Å². The third kappa shape index (κ3) is 3.57. The summed E-state index contributed by atoms with van der Waals surface area (Å²) in [5, 5.41) is 3.02. The van der Waals surface area contributed by atoms with Gasteiger partial charge in [0.1, 0.15) is 0 Å². The fourth-order valence-electron chi connectivity index (χ4n) is 1.15. The molecule has 0 radical (unpaired) electrons. The number of carbonyl (C=O) groups excluding carboxylic acids is 1. The highest BCUT2D eigenvalue weighted by atomic mass is 127. The maximum atomic E-state index is 11.9. The average molecular weight is 317 g/mol. The van der Waals surface area contributed by atoms with Gasteiger partial charge in [-0.2, -0.15) is 0 Å². The van der Waals surface area contributed by atoms with Gasteiger partial charge in [0.2, 0.25) is 0 Å². The monoisotopic (exact) mass is 317 g/mol. The maximum absolute atomic E-state index is 11.9. The van der Waals surface area contributed by atoms with Crippen LogP contribution in [0.4, 0.5) is 0 Å². The number of carbonyl (C=O) groups is 1. The molecule has 1 N–H and O–H groups in total. The lowest BCUT2D eigenvalue weighted by molar-refractivity contribution is -0.123. The lowest BCUT2D eigenvalue weighted by atomic mass is 9.94. The molecule has 82 valence electrons. The highest BCUT2D eigenvalue weighted by Crippen LogP contribution is 2.11. The largest absolute Gasteiger partial charge is 0.308 e. The lowest BCUT2D eigenvalue weighted by Gasteiger charge is -2.22. The molecule has 0 heterocycles. The zero-order valence-electron chi connectivity index (χ0n) is 9.30. The number of likely N-dealkylation sites (N-methyl/N-ethyl adjacent to an activating group) is 1. The second-order valence-corrected chi connectivity index (χ2v) is 5.35. The molecule has 0 spiro atoms. The Kier molecular flexibility index (Phi) is 4.28. The van der Waals surface area contributed by atoms with E-state index < -0.39 is 5.54 Å². The van der Waals surface area contributed by atoms with Crippen LogP contribution < -0.4 is 5.32 Å². The zero-order chi connectivity index (χ0) is 11.5. The molecule has 3 heteroatoms. The highest BCUT2D eigenvalue weighted by molar-refractivity contribution is 14.1. The molecule has 0 aliphatic rings. The van der Waals surface area contributed by atoms with E-state index in [-0.39, 0.29) is 5.78 Å². The van der Waals surface area contributed by atoms with Gasteiger partial charge >= 0.3 is 0 Å². The summed E-state index contributed by atoms with van der Waals surface area (Å²) in [4.78, 5) is 11.9. The Morgan fingerprint density at radius 1 is 1.33 bits per heavy atom. The van der Waals surface area contributed by atoms with Gasteiger partial charge in [-0.25, -0.2) is 0 Å². The fourth-order valence-corrected chi connectivity index (χ4v) is 1.51. The number of nitrogens with one attached hydrogen (secondary N) is 1. The fraction of sp³-hybridized carbons (Fsp3) is 0.417. The second-order valence-electron chi connectivity index (χ2n) is 4.10. The predicted molar refractivity (Wildman–Crippen MR) is 71.0 cm³/mol. The Balaban J connectivity index is 2.71. The molecule has 0 fully saturated rings. The molecule has 0 aromatic heterocycles. The summed E-state index contributed by atoms with van der Waals surface area (Å²) in [6.07, 6.45) is 0.491. The standard InChI is InChI=1S/C12H16INO/c1-12(2,14-3)11(15)8-9-4-6-10(13)7-5-9/h4-7,14H,8H2,1-3H3. The van der Waals surface area contributed by atoms with Crippen LogP contribution in [0.1, 0.15) is 19.4 Å². The molecule has 0 saturated carbocycles. The van der Waals surface area contributed by atoms with Gasteiger partial charge in [-0.3, -0.25) is 4.79 Å². The van der Waals surface area contributed by atoms with E-state index in [0.29, 0.717) is 6.42 Å². The minimum absolute atomic E-state index is 0.214. The van der Waals surface area contributed by atoms with Crippen molar-refractivity contribution in [2.45, 2.75) is 25.8 Å². The predicted octanol–water partition coefficient (Wildman–Crippen LogP) is 2.40. The quantitative estimate of drug-likeness (QED) is 0.864. The van der Waals surface area contributed by atoms with Crippen molar-refractivity contribution >= 4 is 28.4 Å². The molecule has 0 bridgehead atoms. The number of hydrogen-bond acceptors (Lipinski definition) is 2. The Morgan fingerprint density at radius 3 is 2.33 bits per heavy atom. The smallest absolute Gasteiger partial charge is 0.156 e. The van der Waals surface area contributed by atoms with Gasteiger partial charge in [-0.15, -0.1) is 0 Å². The number of hydrogen-bond donors (Lipinski definition) is 1. The molecule has 0 aliphatic carbocycles. The van der Waals surface area contributed by atoms with Crippen LogP contribution in [0.2, 0.25) is 0 Å². The first-order valence-corrected chi connectivity index (χ1v) is 6.00. The summed E-state index contributed by atoms with van der Waals surface area (Å²) < 4.78 is 1.19. The third-order valence-corrected chi connectivity index (χ3v) is 3.32. The molecular weight excluding hydrogens is 301 g/mol. The summed E-state index contributed by atoms with van der Waals surface area (Å²) >= 11 is 2.26. The normalized spacial score (nSPS) is 11.5. The molecular formula is C12H16INO. The second kappa shape index (κ2) is 5.07. The molecule has 0 aliphatic heterocycles. The van der Waals surface area contributed by atoms with Crippen molar-refractivity contribution in [1.82, 2.24) is 5.32 Å². The Morgan fingerprint density at radius 2 is 1.87 bits per heavy atom. The van der Waals surface area contributed by atoms with Crippen LogP contribution in [0.25, 0.3) is 0 Å². The van der Waals surface area contributed by atoms with Crippen LogP contribution >= 0.6 is 22.6 Å². The molecule has 1 aromatic carbocycles. The topological polar surface area (TPSA) is 29.1 Å². The van der Waals surface area contributed by atoms with Crippen molar-refractivity contribution < 1.29 is 4.79 Å². The van der Waals surface area contributed by atoms with Crippen LogP contribution in [-0.2, 0) is 11.2 Å². The molecule has 0 unspecified atom stereocenters. The van der Waals surface area contributed by atoms with E-state index in [2.05, 4.69) is 27.9 Å². The van der Waals surface area contributed by atoms with E-state index in [4.69, 9.17) is 0 Å². The first kappa shape index (κ1) is 12.6. The van der Waals surface area contributed by atoms with Gasteiger partial charge in [-0.1, -0.05) is 12.1 Å². The third-order valence-electron chi connectivity index (χ3n) is 2.60. The molecule has 0 saturated heterocycles. The summed E-state index contributed by atoms with van der Waals surface area (Å²) in [6.45, 7) is 3.81. The van der Waals surface area contributed by atoms with Crippen molar-refractivity contribution in [3.05, 3.63) is 33.4 Å². The van der Waals surface area contributed by atoms with Crippen LogP contribution in [0.3, 0.4) is 0 Å². The van der Waals surface area contributed by atoms with E-state index in [1.54, 1.807) is 0 Å². The molecule has 2 nitrogen and oxygen atoms in total. The maximum Gasteiger partial charge on any atom is 0.156 e. The molecule has 0 atom stereocenters. The highest BCUT2D eigenvalue weighted by Gasteiger charge is 2.24. The van der Waals surface area contributed by atoms with E-state index in [1.807, 2.05) is 45.2 Å². The van der Waals surface area contributed by atoms with Gasteiger partial charge in [0, 0.05) is 9.99 Å². The number of Topliss-reactive ketones (excluding diaryl/α,β-unsaturated/α-hetero) is 1. The summed E-state index contributed by atoms with van der Waals surface area (Å²) in [5.74, 6) is 0.214. The minimum Gasteiger partial charge on any atom is -0.308 e. The van der Waals surface area contributed by atoms with Gasteiger partial charge < -0.3 is 5.32 Å². The van der Waals surface area contributed by atoms with Crippen molar-refractivity contribution in [2.75, 3.05) is 7.05 Å². The van der Waals surface area contributed by atoms with Crippen LogP contribution in [0.5, 0.6) is 0 Å². The van der Waals surface area contributed by atoms with Crippen LogP contribution in [-0.4, -0.2) is 18.4 Å². The van der Waals surface area contributed by atoms with Crippen molar-refractivity contribution in [1.29, 1.82) is 0 Å². The number of halogens is 1. The molecule has 15 heavy (non-hydrogen) atoms. The van der Waals surface area contributed by atoms with Gasteiger partial charge in [0.05, 0.1) is 5.54 Å². The first-order valence-electron chi connectivity index (χ1n) is 4.92. The lowest BCUT2D eigenvalue weighted by Crippen LogP contribution is -2.45. The van der Waals surface area contributed by atoms with Gasteiger partial charge in [-0.05, 0) is 61.2 Å². The minimum atomic E-state index is -0.441. The average Bonchev–Trinajstić information content (AvgIpc) is 2.21. The number of benzene rings is 1. The van der Waals surface area contributed by atoms with Crippen LogP contribution in [0.15, 0.2) is 24.3 Å². The summed E-state index contributed by atoms with van der Waals surface area (Å²) in [7, 11) is 1.81. The van der Waals surface area contributed by atoms with Crippen molar-refractivity contribution in [3.8, 4) is 0 Å². The van der Waals surface area contributed by atoms with E-state index in [0.717, 1.165) is 5.56 Å². The number of ketones is 1. The molecule has 1 rings (SSSR count). The Hall–Kier alpha value is -0.420. The van der Waals surface area contributed by atoms with E-state index >= 15 is 0 Å². The Bertz CT molecular complexity index is 343. The number of rotatable bonds is 4. The summed E-state index contributed by atoms with van der Waals surface area (Å²) in [6, 6.07) is 8.06. The van der Waals surface area contributed by atoms with Crippen molar-refractivity contribution in [2.24, 2.45) is 0 Å². The molecule has 1 aromatic rings. The van der Waals surface area contributed by atoms with Gasteiger partial charge in [0.15, 0.2) is 5.78 Å². The molecule has 0 amide bonds. The van der Waals surface area contributed by atoms with Gasteiger partial charge in [0.25, 0.3) is 0 Å². The SMILES string of the molecule is CNC(C)(C)C(=O)Cc1ccc(I)cc1. The van der Waals surface area contributed by atoms with Crippen LogP contribution in [0, 0.1) is 3.57 Å². The Labute approximate surface area is 105 Å². The first-order chi connectivity index (χ1) is 6.95.